The quantitative estimate of drug-likeness (QED) is 0.810. The Labute approximate surface area is 146 Å². The van der Waals surface area contributed by atoms with Gasteiger partial charge in [0.25, 0.3) is 0 Å². The van der Waals surface area contributed by atoms with Crippen molar-refractivity contribution in [3.05, 3.63) is 36.0 Å². The lowest BCUT2D eigenvalue weighted by atomic mass is 9.78. The molecular weight excluding hydrogens is 300 g/mol. The average Bonchev–Trinajstić information content (AvgIpc) is 2.88. The predicted octanol–water partition coefficient (Wildman–Crippen LogP) is 4.71. The van der Waals surface area contributed by atoms with Crippen LogP contribution >= 0.6 is 0 Å². The normalized spacial score (nSPS) is 21.3. The summed E-state index contributed by atoms with van der Waals surface area (Å²) in [6.45, 7) is 12.5. The van der Waals surface area contributed by atoms with Crippen LogP contribution in [0.5, 0.6) is 0 Å². The third-order valence-corrected chi connectivity index (χ3v) is 5.65. The van der Waals surface area contributed by atoms with Crippen molar-refractivity contribution in [1.29, 1.82) is 0 Å². The average molecular weight is 332 g/mol. The fourth-order valence-corrected chi connectivity index (χ4v) is 3.72. The summed E-state index contributed by atoms with van der Waals surface area (Å²) >= 11 is 0. The predicted molar refractivity (Wildman–Crippen MR) is 98.1 cm³/mol. The summed E-state index contributed by atoms with van der Waals surface area (Å²) < 4.78 is 0. The molecule has 2 rings (SSSR count). The Hall–Kier alpha value is -1.71. The van der Waals surface area contributed by atoms with Crippen LogP contribution in [0.2, 0.25) is 0 Å². The first-order valence-corrected chi connectivity index (χ1v) is 9.12. The van der Waals surface area contributed by atoms with E-state index in [2.05, 4.69) is 47.6 Å². The van der Waals surface area contributed by atoms with Gasteiger partial charge in [-0.2, -0.15) is 0 Å². The zero-order chi connectivity index (χ0) is 18.1. The maximum absolute atomic E-state index is 13.2. The van der Waals surface area contributed by atoms with E-state index in [1.807, 2.05) is 28.3 Å². The molecule has 134 valence electrons. The van der Waals surface area contributed by atoms with Gasteiger partial charge < -0.3 is 14.9 Å². The van der Waals surface area contributed by atoms with E-state index in [0.29, 0.717) is 0 Å². The van der Waals surface area contributed by atoms with Crippen molar-refractivity contribution in [2.24, 2.45) is 5.41 Å². The van der Waals surface area contributed by atoms with E-state index in [4.69, 9.17) is 0 Å². The van der Waals surface area contributed by atoms with Crippen LogP contribution in [0.1, 0.15) is 67.2 Å². The Balaban J connectivity index is 2.38. The summed E-state index contributed by atoms with van der Waals surface area (Å²) in [5.74, 6) is 0.430. The van der Waals surface area contributed by atoms with Gasteiger partial charge in [-0.3, -0.25) is 4.79 Å². The van der Waals surface area contributed by atoms with Crippen molar-refractivity contribution < 1.29 is 9.90 Å². The van der Waals surface area contributed by atoms with E-state index < -0.39 is 0 Å². The van der Waals surface area contributed by atoms with Crippen LogP contribution < -0.4 is 0 Å². The molecule has 0 spiro atoms. The number of rotatable bonds is 4. The highest BCUT2D eigenvalue weighted by molar-refractivity contribution is 5.85. The van der Waals surface area contributed by atoms with Crippen molar-refractivity contribution in [2.75, 3.05) is 0 Å². The van der Waals surface area contributed by atoms with Crippen LogP contribution in [0.25, 0.3) is 0 Å². The van der Waals surface area contributed by atoms with Gasteiger partial charge >= 0.3 is 0 Å². The smallest absolute Gasteiger partial charge is 0.233 e. The Kier molecular flexibility index (Phi) is 5.17. The molecule has 0 saturated heterocycles. The molecule has 0 aromatic heterocycles. The molecule has 24 heavy (non-hydrogen) atoms. The number of carbonyl (C=O) groups excluding carboxylic acids is 1. The third kappa shape index (κ3) is 2.99. The van der Waals surface area contributed by atoms with E-state index in [1.165, 1.54) is 0 Å². The van der Waals surface area contributed by atoms with E-state index in [1.54, 1.807) is 0 Å². The molecule has 0 fully saturated rings. The van der Waals surface area contributed by atoms with Gasteiger partial charge in [-0.25, -0.2) is 0 Å². The number of amides is 1. The second kappa shape index (κ2) is 6.66. The van der Waals surface area contributed by atoms with Gasteiger partial charge in [-0.1, -0.05) is 26.8 Å². The lowest BCUT2D eigenvalue weighted by Crippen LogP contribution is -2.44. The number of hydrogen-bond acceptors (Lipinski definition) is 3. The lowest BCUT2D eigenvalue weighted by molar-refractivity contribution is -0.141. The Morgan fingerprint density at radius 1 is 1.17 bits per heavy atom. The standard InChI is InChI=1S/C20H32N2O2/c1-7-20(8-2,9-3)18(24)21-14-12-15-16(21)11-10-13-22(17(15)23)19(4,5)6/h10,12-14,16,23H,7-9,11H2,1-6H3/t16-/m1/s1. The first-order valence-electron chi connectivity index (χ1n) is 9.12. The zero-order valence-corrected chi connectivity index (χ0v) is 16.0. The lowest BCUT2D eigenvalue weighted by Gasteiger charge is -2.36. The Bertz CT molecular complexity index is 569. The topological polar surface area (TPSA) is 43.8 Å². The van der Waals surface area contributed by atoms with Crippen LogP contribution in [0.15, 0.2) is 36.0 Å². The van der Waals surface area contributed by atoms with Crippen molar-refractivity contribution in [3.8, 4) is 0 Å². The minimum atomic E-state index is -0.310. The molecule has 0 aromatic rings. The highest BCUT2D eigenvalue weighted by Crippen LogP contribution is 2.39. The molecule has 2 aliphatic heterocycles. The van der Waals surface area contributed by atoms with Crippen molar-refractivity contribution >= 4 is 5.91 Å². The molecule has 1 amide bonds. The summed E-state index contributed by atoms with van der Waals surface area (Å²) in [6, 6.07) is -0.106. The van der Waals surface area contributed by atoms with E-state index >= 15 is 0 Å². The zero-order valence-electron chi connectivity index (χ0n) is 16.0. The maximum atomic E-state index is 13.2. The highest BCUT2D eigenvalue weighted by Gasteiger charge is 2.42. The largest absolute Gasteiger partial charge is 0.494 e. The van der Waals surface area contributed by atoms with Crippen molar-refractivity contribution in [1.82, 2.24) is 9.80 Å². The number of aliphatic hydroxyl groups is 1. The number of nitrogens with zero attached hydrogens (tertiary/aromatic N) is 2. The molecule has 1 atom stereocenters. The molecule has 0 aliphatic carbocycles. The second-order valence-electron chi connectivity index (χ2n) is 7.83. The van der Waals surface area contributed by atoms with Crippen LogP contribution in [-0.2, 0) is 4.79 Å². The first-order chi connectivity index (χ1) is 11.2. The SMILES string of the molecule is CCC(CC)(CC)C(=O)N1C=CC2=C(O)N(C(C)(C)C)C=CC[C@H]21. The minimum Gasteiger partial charge on any atom is -0.494 e. The fourth-order valence-electron chi connectivity index (χ4n) is 3.72. The van der Waals surface area contributed by atoms with Crippen LogP contribution in [0.3, 0.4) is 0 Å². The molecule has 2 heterocycles. The number of hydrogen-bond donors (Lipinski definition) is 1. The van der Waals surface area contributed by atoms with Gasteiger partial charge in [-0.15, -0.1) is 0 Å². The Morgan fingerprint density at radius 3 is 2.25 bits per heavy atom. The van der Waals surface area contributed by atoms with Gasteiger partial charge in [0.15, 0.2) is 5.88 Å². The van der Waals surface area contributed by atoms with E-state index in [-0.39, 0.29) is 28.8 Å². The highest BCUT2D eigenvalue weighted by atomic mass is 16.3. The molecule has 0 unspecified atom stereocenters. The monoisotopic (exact) mass is 332 g/mol. The summed E-state index contributed by atoms with van der Waals surface area (Å²) in [5, 5.41) is 10.8. The molecular formula is C20H32N2O2. The van der Waals surface area contributed by atoms with Gasteiger partial charge in [-0.05, 0) is 52.5 Å². The molecule has 0 bridgehead atoms. The molecule has 0 radical (unpaired) electrons. The van der Waals surface area contributed by atoms with Gasteiger partial charge in [0, 0.05) is 28.9 Å². The molecule has 4 nitrogen and oxygen atoms in total. The van der Waals surface area contributed by atoms with Gasteiger partial charge in [0.05, 0.1) is 6.04 Å². The van der Waals surface area contributed by atoms with Crippen LogP contribution in [0.4, 0.5) is 0 Å². The Morgan fingerprint density at radius 2 is 1.75 bits per heavy atom. The molecule has 2 aliphatic rings. The number of aliphatic hydroxyl groups excluding tert-OH is 1. The van der Waals surface area contributed by atoms with E-state index in [0.717, 1.165) is 31.3 Å². The van der Waals surface area contributed by atoms with E-state index in [9.17, 15) is 9.90 Å². The number of fused-ring (bicyclic) bond motifs is 1. The number of carbonyl (C=O) groups is 1. The summed E-state index contributed by atoms with van der Waals surface area (Å²) in [7, 11) is 0. The minimum absolute atomic E-state index is 0.106. The molecule has 0 saturated carbocycles. The van der Waals surface area contributed by atoms with Crippen LogP contribution in [0, 0.1) is 5.41 Å². The van der Waals surface area contributed by atoms with Crippen molar-refractivity contribution in [2.45, 2.75) is 78.8 Å². The fraction of sp³-hybridized carbons (Fsp3) is 0.650. The molecule has 4 heteroatoms. The molecule has 0 aromatic carbocycles. The summed E-state index contributed by atoms with van der Waals surface area (Å²) in [4.78, 5) is 17.0. The van der Waals surface area contributed by atoms with Gasteiger partial charge in [0.1, 0.15) is 0 Å². The summed E-state index contributed by atoms with van der Waals surface area (Å²) in [5.41, 5.74) is 0.309. The second-order valence-corrected chi connectivity index (χ2v) is 7.83. The van der Waals surface area contributed by atoms with Crippen LogP contribution in [-0.4, -0.2) is 32.4 Å². The van der Waals surface area contributed by atoms with Gasteiger partial charge in [0.2, 0.25) is 5.91 Å². The van der Waals surface area contributed by atoms with Crippen molar-refractivity contribution in [3.63, 3.8) is 0 Å². The third-order valence-electron chi connectivity index (χ3n) is 5.65. The summed E-state index contributed by atoms with van der Waals surface area (Å²) in [6.07, 6.45) is 11.0. The first kappa shape index (κ1) is 18.6. The molecule has 1 N–H and O–H groups in total. The maximum Gasteiger partial charge on any atom is 0.233 e.